The highest BCUT2D eigenvalue weighted by Gasteiger charge is 2.30. The van der Waals surface area contributed by atoms with E-state index in [0.717, 1.165) is 39.1 Å². The number of nitrogens with one attached hydrogen (secondary N) is 1. The summed E-state index contributed by atoms with van der Waals surface area (Å²) in [5.41, 5.74) is 13.1. The molecule has 0 saturated carbocycles. The Morgan fingerprint density at radius 1 is 1.19 bits per heavy atom. The van der Waals surface area contributed by atoms with Crippen LogP contribution in [-0.4, -0.2) is 35.2 Å². The highest BCUT2D eigenvalue weighted by Crippen LogP contribution is 2.37. The summed E-state index contributed by atoms with van der Waals surface area (Å²) in [6.07, 6.45) is -0.0427. The number of hydrogen-bond acceptors (Lipinski definition) is 5. The third kappa shape index (κ3) is 5.88. The number of nitrogens with zero attached hydrogens (tertiary/aromatic N) is 1. The summed E-state index contributed by atoms with van der Waals surface area (Å²) in [5, 5.41) is 12.8. The molecule has 0 fully saturated rings. The topological polar surface area (TPSA) is 87.8 Å². The van der Waals surface area contributed by atoms with Gasteiger partial charge in [0.15, 0.2) is 0 Å². The van der Waals surface area contributed by atoms with E-state index >= 15 is 0 Å². The van der Waals surface area contributed by atoms with Crippen LogP contribution in [0.15, 0.2) is 48.5 Å². The van der Waals surface area contributed by atoms with Crippen LogP contribution in [0.25, 0.3) is 0 Å². The number of hydrogen-bond donors (Lipinski definition) is 3. The number of carboxylic acid groups (broad SMARTS) is 1. The van der Waals surface area contributed by atoms with Crippen LogP contribution in [0.3, 0.4) is 0 Å². The van der Waals surface area contributed by atoms with Gasteiger partial charge in [0.05, 0.1) is 17.8 Å². The molecular formula is C30H36FN3O3. The van der Waals surface area contributed by atoms with Crippen LogP contribution in [0.2, 0.25) is 0 Å². The van der Waals surface area contributed by atoms with Crippen LogP contribution in [-0.2, 0) is 17.9 Å². The highest BCUT2D eigenvalue weighted by atomic mass is 19.1. The van der Waals surface area contributed by atoms with Crippen LogP contribution in [0.1, 0.15) is 59.6 Å². The van der Waals surface area contributed by atoms with E-state index < -0.39 is 11.6 Å². The Morgan fingerprint density at radius 3 is 2.65 bits per heavy atom. The number of rotatable bonds is 7. The smallest absolute Gasteiger partial charge is 0.304 e. The molecule has 0 spiro atoms. The number of nitrogens with two attached hydrogens (primary N) is 1. The summed E-state index contributed by atoms with van der Waals surface area (Å²) in [6.45, 7) is 9.91. The number of halogens is 1. The van der Waals surface area contributed by atoms with Crippen molar-refractivity contribution >= 4 is 17.3 Å². The zero-order chi connectivity index (χ0) is 26.9. The quantitative estimate of drug-likeness (QED) is 0.349. The Kier molecular flexibility index (Phi) is 7.46. The standard InChI is InChI=1S/C30H36FN3O3/c1-18-6-7-20(25(14-28(35)36)24-9-10-26(33-5)29(32)19(24)2)12-21(18)15-34-16-22-13-23(31)8-11-27(22)37-30(3,4)17-34/h6-13,25,33H,14-17,32H2,1-5H3,(H,35,36)/t25-/m1/s1. The first-order valence-corrected chi connectivity index (χ1v) is 12.5. The fourth-order valence-electron chi connectivity index (χ4n) is 5.29. The monoisotopic (exact) mass is 505 g/mol. The molecule has 1 atom stereocenters. The van der Waals surface area contributed by atoms with Crippen molar-refractivity contribution in [2.45, 2.75) is 58.7 Å². The zero-order valence-electron chi connectivity index (χ0n) is 22.2. The molecule has 0 amide bonds. The number of nitrogen functional groups attached to an aromatic ring is 1. The molecule has 196 valence electrons. The third-order valence-corrected chi connectivity index (χ3v) is 7.16. The number of carbonyl (C=O) groups is 1. The fraction of sp³-hybridized carbons (Fsp3) is 0.367. The number of aliphatic carboxylic acids is 1. The molecule has 7 heteroatoms. The lowest BCUT2D eigenvalue weighted by molar-refractivity contribution is -0.137. The van der Waals surface area contributed by atoms with Crippen LogP contribution in [0, 0.1) is 19.7 Å². The van der Waals surface area contributed by atoms with Crippen molar-refractivity contribution in [1.29, 1.82) is 0 Å². The van der Waals surface area contributed by atoms with Crippen LogP contribution in [0.4, 0.5) is 15.8 Å². The summed E-state index contributed by atoms with van der Waals surface area (Å²) in [4.78, 5) is 14.2. The minimum atomic E-state index is -0.868. The van der Waals surface area contributed by atoms with E-state index in [2.05, 4.69) is 23.2 Å². The van der Waals surface area contributed by atoms with Gasteiger partial charge in [-0.05, 0) is 79.8 Å². The second-order valence-corrected chi connectivity index (χ2v) is 10.6. The van der Waals surface area contributed by atoms with Gasteiger partial charge in [0.25, 0.3) is 0 Å². The lowest BCUT2D eigenvalue weighted by atomic mass is 9.84. The molecule has 3 aromatic carbocycles. The van der Waals surface area contributed by atoms with Crippen LogP contribution in [0.5, 0.6) is 5.75 Å². The first-order valence-electron chi connectivity index (χ1n) is 12.5. The molecule has 4 N–H and O–H groups in total. The summed E-state index contributed by atoms with van der Waals surface area (Å²) in [6, 6.07) is 14.7. The molecule has 37 heavy (non-hydrogen) atoms. The molecule has 3 aromatic rings. The third-order valence-electron chi connectivity index (χ3n) is 7.16. The Morgan fingerprint density at radius 2 is 1.95 bits per heavy atom. The maximum Gasteiger partial charge on any atom is 0.304 e. The van der Waals surface area contributed by atoms with E-state index in [1.807, 2.05) is 52.1 Å². The second kappa shape index (κ2) is 10.4. The Bertz CT molecular complexity index is 1320. The van der Waals surface area contributed by atoms with Gasteiger partial charge < -0.3 is 20.9 Å². The summed E-state index contributed by atoms with van der Waals surface area (Å²) in [5.74, 6) is -0.786. The number of anilines is 2. The molecule has 1 aliphatic rings. The molecule has 4 rings (SSSR count). The predicted octanol–water partition coefficient (Wildman–Crippen LogP) is 5.85. The number of ether oxygens (including phenoxy) is 1. The Labute approximate surface area is 218 Å². The van der Waals surface area contributed by atoms with Crippen molar-refractivity contribution < 1.29 is 19.0 Å². The molecule has 1 aliphatic heterocycles. The average molecular weight is 506 g/mol. The largest absolute Gasteiger partial charge is 0.486 e. The maximum atomic E-state index is 14.0. The van der Waals surface area contributed by atoms with E-state index in [9.17, 15) is 14.3 Å². The Balaban J connectivity index is 1.70. The molecule has 0 bridgehead atoms. The molecule has 0 aliphatic carbocycles. The first kappa shape index (κ1) is 26.5. The van der Waals surface area contributed by atoms with Gasteiger partial charge in [-0.2, -0.15) is 0 Å². The van der Waals surface area contributed by atoms with Crippen molar-refractivity contribution in [2.24, 2.45) is 0 Å². The SMILES string of the molecule is CNc1ccc([C@H](CC(=O)O)c2ccc(C)c(CN3Cc4cc(F)ccc4OC(C)(C)C3)c2)c(C)c1N. The summed E-state index contributed by atoms with van der Waals surface area (Å²) < 4.78 is 20.2. The van der Waals surface area contributed by atoms with Gasteiger partial charge in [-0.3, -0.25) is 9.69 Å². The predicted molar refractivity (Wildman–Crippen MR) is 146 cm³/mol. The van der Waals surface area contributed by atoms with Crippen molar-refractivity contribution in [2.75, 3.05) is 24.6 Å². The maximum absolute atomic E-state index is 14.0. The number of aryl methyl sites for hydroxylation is 1. The molecular weight excluding hydrogens is 469 g/mol. The van der Waals surface area contributed by atoms with Crippen LogP contribution >= 0.6 is 0 Å². The summed E-state index contributed by atoms with van der Waals surface area (Å²) >= 11 is 0. The minimum Gasteiger partial charge on any atom is -0.486 e. The Hall–Kier alpha value is -3.58. The van der Waals surface area contributed by atoms with E-state index in [4.69, 9.17) is 10.5 Å². The number of fused-ring (bicyclic) bond motifs is 1. The van der Waals surface area contributed by atoms with E-state index in [0.29, 0.717) is 31.1 Å². The van der Waals surface area contributed by atoms with Gasteiger partial charge in [0, 0.05) is 38.2 Å². The molecule has 0 unspecified atom stereocenters. The first-order chi connectivity index (χ1) is 17.5. The highest BCUT2D eigenvalue weighted by molar-refractivity contribution is 5.74. The number of carboxylic acids is 1. The van der Waals surface area contributed by atoms with Crippen molar-refractivity contribution in [3.63, 3.8) is 0 Å². The molecule has 0 saturated heterocycles. The van der Waals surface area contributed by atoms with Gasteiger partial charge >= 0.3 is 5.97 Å². The zero-order valence-corrected chi connectivity index (χ0v) is 22.2. The van der Waals surface area contributed by atoms with Gasteiger partial charge in [0.2, 0.25) is 0 Å². The molecule has 1 heterocycles. The van der Waals surface area contributed by atoms with Gasteiger partial charge in [-0.1, -0.05) is 24.3 Å². The number of benzene rings is 3. The van der Waals surface area contributed by atoms with E-state index in [1.54, 1.807) is 6.07 Å². The fourth-order valence-corrected chi connectivity index (χ4v) is 5.29. The van der Waals surface area contributed by atoms with E-state index in [1.165, 1.54) is 12.1 Å². The van der Waals surface area contributed by atoms with Gasteiger partial charge in [0.1, 0.15) is 17.2 Å². The van der Waals surface area contributed by atoms with Crippen molar-refractivity contribution in [3.8, 4) is 5.75 Å². The van der Waals surface area contributed by atoms with Crippen LogP contribution < -0.4 is 15.8 Å². The molecule has 6 nitrogen and oxygen atoms in total. The lowest BCUT2D eigenvalue weighted by Gasteiger charge is -2.30. The lowest BCUT2D eigenvalue weighted by Crippen LogP contribution is -2.40. The molecule has 0 aromatic heterocycles. The summed E-state index contributed by atoms with van der Waals surface area (Å²) in [7, 11) is 1.81. The molecule has 0 radical (unpaired) electrons. The van der Waals surface area contributed by atoms with Crippen molar-refractivity contribution in [3.05, 3.63) is 87.7 Å². The normalized spacial score (nSPS) is 15.8. The second-order valence-electron chi connectivity index (χ2n) is 10.6. The van der Waals surface area contributed by atoms with Gasteiger partial charge in [-0.15, -0.1) is 0 Å². The van der Waals surface area contributed by atoms with E-state index in [-0.39, 0.29) is 18.2 Å². The van der Waals surface area contributed by atoms with Gasteiger partial charge in [-0.25, -0.2) is 4.39 Å². The average Bonchev–Trinajstić information content (AvgIpc) is 2.94. The van der Waals surface area contributed by atoms with Crippen molar-refractivity contribution in [1.82, 2.24) is 4.90 Å². The minimum absolute atomic E-state index is 0.0427.